The highest BCUT2D eigenvalue weighted by molar-refractivity contribution is 5.82. The molecule has 0 saturated carbocycles. The summed E-state index contributed by atoms with van der Waals surface area (Å²) in [5.41, 5.74) is 4.67. The van der Waals surface area contributed by atoms with Crippen molar-refractivity contribution in [3.05, 3.63) is 47.6 Å². The van der Waals surface area contributed by atoms with Gasteiger partial charge in [-0.25, -0.2) is 14.5 Å². The highest BCUT2D eigenvalue weighted by Crippen LogP contribution is 2.35. The van der Waals surface area contributed by atoms with Crippen molar-refractivity contribution in [1.82, 2.24) is 24.6 Å². The summed E-state index contributed by atoms with van der Waals surface area (Å²) in [4.78, 5) is 14.4. The largest absolute Gasteiger partial charge is 0.480 e. The fraction of sp³-hybridized carbons (Fsp3) is 0.429. The van der Waals surface area contributed by atoms with Crippen molar-refractivity contribution >= 4 is 17.2 Å². The van der Waals surface area contributed by atoms with Crippen molar-refractivity contribution in [1.29, 1.82) is 0 Å². The molecule has 8 nitrogen and oxygen atoms in total. The first-order valence-electron chi connectivity index (χ1n) is 10.1. The molecule has 8 heteroatoms. The van der Waals surface area contributed by atoms with Gasteiger partial charge in [-0.15, -0.1) is 0 Å². The van der Waals surface area contributed by atoms with Crippen LogP contribution in [0.3, 0.4) is 0 Å². The third kappa shape index (κ3) is 3.55. The molecule has 3 aromatic rings. The van der Waals surface area contributed by atoms with Crippen molar-refractivity contribution in [2.75, 3.05) is 25.6 Å². The number of allylic oxidation sites excluding steroid dienone is 1. The third-order valence-electron chi connectivity index (χ3n) is 5.47. The van der Waals surface area contributed by atoms with Crippen molar-refractivity contribution in [3.63, 3.8) is 0 Å². The summed E-state index contributed by atoms with van der Waals surface area (Å²) in [7, 11) is 1.66. The summed E-state index contributed by atoms with van der Waals surface area (Å²) < 4.78 is 12.9. The van der Waals surface area contributed by atoms with Crippen molar-refractivity contribution in [2.24, 2.45) is 0 Å². The minimum absolute atomic E-state index is 0.332. The van der Waals surface area contributed by atoms with Gasteiger partial charge in [0.05, 0.1) is 30.3 Å². The van der Waals surface area contributed by atoms with Gasteiger partial charge in [-0.1, -0.05) is 6.08 Å². The summed E-state index contributed by atoms with van der Waals surface area (Å²) in [6.07, 6.45) is 10.7. The lowest BCUT2D eigenvalue weighted by molar-refractivity contribution is 0.0903. The molecule has 1 aliphatic carbocycles. The second kappa shape index (κ2) is 7.79. The number of anilines is 1. The van der Waals surface area contributed by atoms with Gasteiger partial charge in [0, 0.05) is 37.1 Å². The molecule has 3 aromatic heterocycles. The van der Waals surface area contributed by atoms with E-state index in [0.717, 1.165) is 73.5 Å². The number of nitrogens with one attached hydrogen (secondary N) is 1. The topological polar surface area (TPSA) is 86.5 Å². The molecule has 0 atom stereocenters. The summed E-state index contributed by atoms with van der Waals surface area (Å²) >= 11 is 0. The Labute approximate surface area is 169 Å². The molecule has 1 saturated heterocycles. The molecular weight excluding hydrogens is 368 g/mol. The number of ether oxygens (including phenoxy) is 2. The highest BCUT2D eigenvalue weighted by atomic mass is 16.5. The molecular formula is C21H24N6O2. The zero-order valence-corrected chi connectivity index (χ0v) is 16.5. The van der Waals surface area contributed by atoms with Crippen molar-refractivity contribution in [3.8, 4) is 5.88 Å². The van der Waals surface area contributed by atoms with E-state index in [4.69, 9.17) is 24.4 Å². The molecule has 0 bridgehead atoms. The van der Waals surface area contributed by atoms with Crippen LogP contribution in [0.5, 0.6) is 5.88 Å². The maximum absolute atomic E-state index is 5.72. The van der Waals surface area contributed by atoms with Crippen LogP contribution in [0, 0.1) is 0 Å². The number of methoxy groups -OCH3 is 1. The number of hydrogen-bond acceptors (Lipinski definition) is 7. The SMILES string of the molecule is COc1nc(NC2CCOCC2)nc2c1C(c1ccn3nccc3n1)=CCCC2. The number of rotatable bonds is 4. The van der Waals surface area contributed by atoms with E-state index >= 15 is 0 Å². The molecule has 5 rings (SSSR count). The lowest BCUT2D eigenvalue weighted by Gasteiger charge is -2.24. The normalized spacial score (nSPS) is 17.5. The molecule has 2 aliphatic rings. The monoisotopic (exact) mass is 392 g/mol. The van der Waals surface area contributed by atoms with E-state index < -0.39 is 0 Å². The molecule has 0 unspecified atom stereocenters. The average Bonchev–Trinajstić information content (AvgIpc) is 3.12. The van der Waals surface area contributed by atoms with E-state index in [9.17, 15) is 0 Å². The van der Waals surface area contributed by atoms with Crippen LogP contribution in [0.25, 0.3) is 11.2 Å². The van der Waals surface area contributed by atoms with E-state index in [0.29, 0.717) is 17.9 Å². The van der Waals surface area contributed by atoms with Crippen molar-refractivity contribution in [2.45, 2.75) is 38.1 Å². The number of nitrogens with zero attached hydrogens (tertiary/aromatic N) is 5. The van der Waals surface area contributed by atoms with Gasteiger partial charge >= 0.3 is 0 Å². The van der Waals surface area contributed by atoms with E-state index in [1.807, 2.05) is 18.3 Å². The molecule has 1 N–H and O–H groups in total. The van der Waals surface area contributed by atoms with Crippen LogP contribution in [-0.2, 0) is 11.2 Å². The Balaban J connectivity index is 1.55. The number of aryl methyl sites for hydroxylation is 1. The molecule has 1 fully saturated rings. The van der Waals surface area contributed by atoms with Crippen LogP contribution in [0.4, 0.5) is 5.95 Å². The molecule has 0 amide bonds. The van der Waals surface area contributed by atoms with Gasteiger partial charge in [-0.2, -0.15) is 10.1 Å². The Kier molecular flexibility index (Phi) is 4.85. The van der Waals surface area contributed by atoms with E-state index in [2.05, 4.69) is 16.5 Å². The quantitative estimate of drug-likeness (QED) is 0.730. The van der Waals surface area contributed by atoms with Crippen LogP contribution in [-0.4, -0.2) is 50.9 Å². The predicted octanol–water partition coefficient (Wildman–Crippen LogP) is 2.89. The number of aromatic nitrogens is 5. The maximum Gasteiger partial charge on any atom is 0.226 e. The van der Waals surface area contributed by atoms with Crippen LogP contribution in [0.1, 0.15) is 42.6 Å². The average molecular weight is 392 g/mol. The summed E-state index contributed by atoms with van der Waals surface area (Å²) in [5, 5.41) is 7.71. The standard InChI is InChI=1S/C21H24N6O2/c1-28-20-19-15(16-7-11-27-18(24-16)6-10-22-27)4-2-3-5-17(19)25-21(26-20)23-14-8-12-29-13-9-14/h4,6-7,10-11,14H,2-3,5,8-9,12-13H2,1H3,(H,23,25,26). The number of fused-ring (bicyclic) bond motifs is 2. The third-order valence-corrected chi connectivity index (χ3v) is 5.47. The van der Waals surface area contributed by atoms with Gasteiger partial charge in [0.2, 0.25) is 11.8 Å². The molecule has 29 heavy (non-hydrogen) atoms. The van der Waals surface area contributed by atoms with Crippen LogP contribution in [0.2, 0.25) is 0 Å². The maximum atomic E-state index is 5.72. The Morgan fingerprint density at radius 3 is 2.93 bits per heavy atom. The van der Waals surface area contributed by atoms with E-state index in [1.54, 1.807) is 17.8 Å². The molecule has 1 aliphatic heterocycles. The minimum atomic E-state index is 0.332. The lowest BCUT2D eigenvalue weighted by atomic mass is 10.0. The summed E-state index contributed by atoms with van der Waals surface area (Å²) in [5.74, 6) is 1.22. The Bertz CT molecular complexity index is 1050. The Morgan fingerprint density at radius 2 is 2.07 bits per heavy atom. The van der Waals surface area contributed by atoms with Crippen molar-refractivity contribution < 1.29 is 9.47 Å². The van der Waals surface area contributed by atoms with Crippen LogP contribution in [0.15, 0.2) is 30.6 Å². The Morgan fingerprint density at radius 1 is 1.17 bits per heavy atom. The van der Waals surface area contributed by atoms with Gasteiger partial charge in [0.1, 0.15) is 0 Å². The second-order valence-corrected chi connectivity index (χ2v) is 7.37. The second-order valence-electron chi connectivity index (χ2n) is 7.37. The molecule has 0 radical (unpaired) electrons. The highest BCUT2D eigenvalue weighted by Gasteiger charge is 2.24. The first-order valence-corrected chi connectivity index (χ1v) is 10.1. The number of hydrogen-bond donors (Lipinski definition) is 1. The van der Waals surface area contributed by atoms with E-state index in [1.165, 1.54) is 0 Å². The van der Waals surface area contributed by atoms with Gasteiger partial charge in [-0.05, 0) is 38.2 Å². The summed E-state index contributed by atoms with van der Waals surface area (Å²) in [6, 6.07) is 4.21. The molecule has 0 aromatic carbocycles. The van der Waals surface area contributed by atoms with Gasteiger partial charge in [-0.3, -0.25) is 0 Å². The van der Waals surface area contributed by atoms with Gasteiger partial charge in [0.15, 0.2) is 5.65 Å². The predicted molar refractivity (Wildman–Crippen MR) is 109 cm³/mol. The van der Waals surface area contributed by atoms with Crippen LogP contribution < -0.4 is 10.1 Å². The fourth-order valence-electron chi connectivity index (χ4n) is 3.99. The van der Waals surface area contributed by atoms with Crippen LogP contribution >= 0.6 is 0 Å². The van der Waals surface area contributed by atoms with E-state index in [-0.39, 0.29) is 0 Å². The summed E-state index contributed by atoms with van der Waals surface area (Å²) in [6.45, 7) is 1.55. The first kappa shape index (κ1) is 18.1. The first-order chi connectivity index (χ1) is 14.3. The lowest BCUT2D eigenvalue weighted by Crippen LogP contribution is -2.29. The smallest absolute Gasteiger partial charge is 0.226 e. The zero-order chi connectivity index (χ0) is 19.6. The molecule has 0 spiro atoms. The van der Waals surface area contributed by atoms with Gasteiger partial charge in [0.25, 0.3) is 0 Å². The zero-order valence-electron chi connectivity index (χ0n) is 16.5. The fourth-order valence-corrected chi connectivity index (χ4v) is 3.99. The molecule has 4 heterocycles. The minimum Gasteiger partial charge on any atom is -0.480 e. The Hall–Kier alpha value is -3.00. The molecule has 150 valence electrons. The van der Waals surface area contributed by atoms with Gasteiger partial charge < -0.3 is 14.8 Å².